The van der Waals surface area contributed by atoms with Gasteiger partial charge in [0.2, 0.25) is 10.0 Å². The molecule has 5 nitrogen and oxygen atoms in total. The van der Waals surface area contributed by atoms with E-state index < -0.39 is 10.0 Å². The maximum absolute atomic E-state index is 12.1. The van der Waals surface area contributed by atoms with Gasteiger partial charge < -0.3 is 4.57 Å². The highest BCUT2D eigenvalue weighted by Gasteiger charge is 2.28. The van der Waals surface area contributed by atoms with Gasteiger partial charge in [-0.1, -0.05) is 6.92 Å². The van der Waals surface area contributed by atoms with Gasteiger partial charge in [-0.25, -0.2) is 13.4 Å². The van der Waals surface area contributed by atoms with Crippen LogP contribution < -0.4 is 0 Å². The molecule has 2 rings (SSSR count). The van der Waals surface area contributed by atoms with Crippen molar-refractivity contribution in [2.75, 3.05) is 12.3 Å². The third-order valence-electron chi connectivity index (χ3n) is 3.32. The molecule has 0 fully saturated rings. The zero-order chi connectivity index (χ0) is 13.3. The molecule has 0 N–H and O–H groups in total. The van der Waals surface area contributed by atoms with Gasteiger partial charge >= 0.3 is 0 Å². The van der Waals surface area contributed by atoms with Crippen molar-refractivity contribution >= 4 is 10.0 Å². The first kappa shape index (κ1) is 13.5. The highest BCUT2D eigenvalue weighted by molar-refractivity contribution is 7.89. The van der Waals surface area contributed by atoms with Crippen LogP contribution in [-0.4, -0.2) is 34.6 Å². The molecule has 0 aromatic carbocycles. The van der Waals surface area contributed by atoms with Gasteiger partial charge in [-0.2, -0.15) is 4.31 Å². The normalized spacial score (nSPS) is 17.1. The number of imidazole rings is 1. The fourth-order valence-corrected chi connectivity index (χ4v) is 3.82. The number of aromatic nitrogens is 2. The summed E-state index contributed by atoms with van der Waals surface area (Å²) in [6.07, 6.45) is 3.21. The standard InChI is InChI=1S/C12H21N3O2S/c1-4-7-18(16,17)14-6-5-11-12(8-14)15(9-13-11)10(2)3/h9-10H,4-8H2,1-3H3. The second-order valence-electron chi connectivity index (χ2n) is 5.04. The van der Waals surface area contributed by atoms with E-state index >= 15 is 0 Å². The molecule has 0 unspecified atom stereocenters. The lowest BCUT2D eigenvalue weighted by Gasteiger charge is -2.27. The van der Waals surface area contributed by atoms with E-state index in [1.165, 1.54) is 0 Å². The van der Waals surface area contributed by atoms with Crippen LogP contribution in [0.25, 0.3) is 0 Å². The number of nitrogens with zero attached hydrogens (tertiary/aromatic N) is 3. The Hall–Kier alpha value is -0.880. The molecule has 0 bridgehead atoms. The van der Waals surface area contributed by atoms with Gasteiger partial charge in [0.15, 0.2) is 0 Å². The predicted molar refractivity (Wildman–Crippen MR) is 70.8 cm³/mol. The van der Waals surface area contributed by atoms with Crippen molar-refractivity contribution in [2.45, 2.75) is 46.2 Å². The number of sulfonamides is 1. The van der Waals surface area contributed by atoms with E-state index in [9.17, 15) is 8.42 Å². The van der Waals surface area contributed by atoms with Gasteiger partial charge in [0.25, 0.3) is 0 Å². The van der Waals surface area contributed by atoms with Crippen LogP contribution in [0.5, 0.6) is 0 Å². The largest absolute Gasteiger partial charge is 0.331 e. The Morgan fingerprint density at radius 2 is 2.17 bits per heavy atom. The number of hydrogen-bond acceptors (Lipinski definition) is 3. The zero-order valence-corrected chi connectivity index (χ0v) is 12.1. The van der Waals surface area contributed by atoms with Gasteiger partial charge in [-0.15, -0.1) is 0 Å². The first-order valence-electron chi connectivity index (χ1n) is 6.48. The average Bonchev–Trinajstić information content (AvgIpc) is 2.71. The minimum atomic E-state index is -3.10. The molecular weight excluding hydrogens is 250 g/mol. The molecule has 0 aliphatic carbocycles. The summed E-state index contributed by atoms with van der Waals surface area (Å²) in [4.78, 5) is 4.38. The average molecular weight is 271 g/mol. The molecule has 0 saturated heterocycles. The van der Waals surface area contributed by atoms with E-state index in [2.05, 4.69) is 23.4 Å². The highest BCUT2D eigenvalue weighted by atomic mass is 32.2. The van der Waals surface area contributed by atoms with Gasteiger partial charge in [-0.3, -0.25) is 0 Å². The maximum Gasteiger partial charge on any atom is 0.214 e. The Kier molecular flexibility index (Phi) is 3.77. The molecule has 1 aromatic heterocycles. The van der Waals surface area contributed by atoms with Crippen molar-refractivity contribution in [3.05, 3.63) is 17.7 Å². The molecule has 18 heavy (non-hydrogen) atoms. The van der Waals surface area contributed by atoms with E-state index in [-0.39, 0.29) is 5.75 Å². The summed E-state index contributed by atoms with van der Waals surface area (Å²) >= 11 is 0. The summed E-state index contributed by atoms with van der Waals surface area (Å²) in [7, 11) is -3.10. The molecule has 102 valence electrons. The SMILES string of the molecule is CCCS(=O)(=O)N1CCc2ncn(C(C)C)c2C1. The maximum atomic E-state index is 12.1. The van der Waals surface area contributed by atoms with Crippen LogP contribution in [0, 0.1) is 0 Å². The molecule has 1 aliphatic heterocycles. The van der Waals surface area contributed by atoms with Crippen molar-refractivity contribution in [3.63, 3.8) is 0 Å². The number of rotatable bonds is 4. The van der Waals surface area contributed by atoms with E-state index in [1.807, 2.05) is 13.3 Å². The molecule has 0 amide bonds. The van der Waals surface area contributed by atoms with Crippen LogP contribution in [0.3, 0.4) is 0 Å². The van der Waals surface area contributed by atoms with Crippen LogP contribution in [-0.2, 0) is 23.0 Å². The zero-order valence-electron chi connectivity index (χ0n) is 11.3. The van der Waals surface area contributed by atoms with Crippen molar-refractivity contribution in [2.24, 2.45) is 0 Å². The van der Waals surface area contributed by atoms with Crippen molar-refractivity contribution in [1.29, 1.82) is 0 Å². The quantitative estimate of drug-likeness (QED) is 0.835. The van der Waals surface area contributed by atoms with Crippen molar-refractivity contribution < 1.29 is 8.42 Å². The van der Waals surface area contributed by atoms with Gasteiger partial charge in [0.05, 0.1) is 30.0 Å². The second-order valence-corrected chi connectivity index (χ2v) is 7.13. The van der Waals surface area contributed by atoms with Gasteiger partial charge in [-0.05, 0) is 20.3 Å². The Bertz CT molecular complexity index is 519. The summed E-state index contributed by atoms with van der Waals surface area (Å²) in [5.74, 6) is 0.234. The third kappa shape index (κ3) is 2.44. The molecule has 0 radical (unpaired) electrons. The molecule has 0 atom stereocenters. The Labute approximate surface area is 109 Å². The number of hydrogen-bond donors (Lipinski definition) is 0. The summed E-state index contributed by atoms with van der Waals surface area (Å²) in [5.41, 5.74) is 2.10. The van der Waals surface area contributed by atoms with E-state index in [4.69, 9.17) is 0 Å². The monoisotopic (exact) mass is 271 g/mol. The van der Waals surface area contributed by atoms with Crippen LogP contribution in [0.1, 0.15) is 44.6 Å². The lowest BCUT2D eigenvalue weighted by atomic mass is 10.2. The van der Waals surface area contributed by atoms with Crippen LogP contribution >= 0.6 is 0 Å². The minimum Gasteiger partial charge on any atom is -0.331 e. The Balaban J connectivity index is 2.26. The third-order valence-corrected chi connectivity index (χ3v) is 5.34. The highest BCUT2D eigenvalue weighted by Crippen LogP contribution is 2.23. The van der Waals surface area contributed by atoms with Crippen LogP contribution in [0.4, 0.5) is 0 Å². The van der Waals surface area contributed by atoms with Crippen LogP contribution in [0.15, 0.2) is 6.33 Å². The fraction of sp³-hybridized carbons (Fsp3) is 0.750. The summed E-state index contributed by atoms with van der Waals surface area (Å²) in [6, 6.07) is 0.315. The van der Waals surface area contributed by atoms with E-state index in [0.29, 0.717) is 25.6 Å². The smallest absolute Gasteiger partial charge is 0.214 e. The molecule has 6 heteroatoms. The van der Waals surface area contributed by atoms with Gasteiger partial charge in [0.1, 0.15) is 0 Å². The first-order valence-corrected chi connectivity index (χ1v) is 8.09. The molecule has 1 aliphatic rings. The van der Waals surface area contributed by atoms with E-state index in [1.54, 1.807) is 4.31 Å². The predicted octanol–water partition coefficient (Wildman–Crippen LogP) is 1.56. The van der Waals surface area contributed by atoms with Crippen LogP contribution in [0.2, 0.25) is 0 Å². The molecule has 0 saturated carbocycles. The summed E-state index contributed by atoms with van der Waals surface area (Å²) < 4.78 is 27.9. The molecule has 2 heterocycles. The minimum absolute atomic E-state index is 0.234. The fourth-order valence-electron chi connectivity index (χ4n) is 2.35. The first-order chi connectivity index (χ1) is 8.45. The van der Waals surface area contributed by atoms with Crippen molar-refractivity contribution in [1.82, 2.24) is 13.9 Å². The Morgan fingerprint density at radius 3 is 2.78 bits per heavy atom. The molecular formula is C12H21N3O2S. The lowest BCUT2D eigenvalue weighted by Crippen LogP contribution is -2.38. The number of fused-ring (bicyclic) bond motifs is 1. The summed E-state index contributed by atoms with van der Waals surface area (Å²) in [5, 5.41) is 0. The lowest BCUT2D eigenvalue weighted by molar-refractivity contribution is 0.372. The Morgan fingerprint density at radius 1 is 1.44 bits per heavy atom. The second kappa shape index (κ2) is 5.01. The molecule has 1 aromatic rings. The van der Waals surface area contributed by atoms with Crippen molar-refractivity contribution in [3.8, 4) is 0 Å². The van der Waals surface area contributed by atoms with Gasteiger partial charge in [0, 0.05) is 19.0 Å². The van der Waals surface area contributed by atoms with E-state index in [0.717, 1.165) is 17.8 Å². The topological polar surface area (TPSA) is 55.2 Å². The summed E-state index contributed by atoms with van der Waals surface area (Å²) in [6.45, 7) is 7.09. The molecule has 0 spiro atoms.